The highest BCUT2D eigenvalue weighted by Crippen LogP contribution is 2.19. The molecule has 2 rings (SSSR count). The average molecular weight is 216 g/mol. The summed E-state index contributed by atoms with van der Waals surface area (Å²) in [6.45, 7) is 5.45. The number of aryl methyl sites for hydroxylation is 1. The molecule has 2 nitrogen and oxygen atoms in total. The molecule has 0 saturated heterocycles. The molecule has 0 spiro atoms. The molecule has 0 aliphatic carbocycles. The predicted octanol–water partition coefficient (Wildman–Crippen LogP) is 3.10. The highest BCUT2D eigenvalue weighted by Gasteiger charge is 2.05. The van der Waals surface area contributed by atoms with Crippen LogP contribution in [-0.4, -0.2) is 17.6 Å². The Labute approximate surface area is 97.1 Å². The Balaban J connectivity index is 2.04. The topological polar surface area (TPSA) is 27.8 Å². The predicted molar refractivity (Wildman–Crippen MR) is 69.8 cm³/mol. The van der Waals surface area contributed by atoms with Crippen molar-refractivity contribution in [2.75, 3.05) is 6.54 Å². The molecule has 1 aromatic heterocycles. The fourth-order valence-electron chi connectivity index (χ4n) is 2.16. The first-order valence-electron chi connectivity index (χ1n) is 6.09. The van der Waals surface area contributed by atoms with E-state index in [0.29, 0.717) is 6.04 Å². The molecular formula is C14H20N2. The van der Waals surface area contributed by atoms with Crippen molar-refractivity contribution in [2.24, 2.45) is 0 Å². The molecule has 2 aromatic rings. The van der Waals surface area contributed by atoms with Crippen LogP contribution in [0.25, 0.3) is 10.9 Å². The van der Waals surface area contributed by atoms with Gasteiger partial charge in [-0.2, -0.15) is 0 Å². The Morgan fingerprint density at radius 3 is 2.94 bits per heavy atom. The molecule has 0 fully saturated rings. The zero-order valence-electron chi connectivity index (χ0n) is 10.1. The van der Waals surface area contributed by atoms with Gasteiger partial charge < -0.3 is 10.3 Å². The van der Waals surface area contributed by atoms with Crippen molar-refractivity contribution in [3.63, 3.8) is 0 Å². The van der Waals surface area contributed by atoms with E-state index < -0.39 is 0 Å². The monoisotopic (exact) mass is 216 g/mol. The van der Waals surface area contributed by atoms with Crippen LogP contribution in [0.5, 0.6) is 0 Å². The van der Waals surface area contributed by atoms with Gasteiger partial charge in [-0.1, -0.05) is 25.1 Å². The van der Waals surface area contributed by atoms with E-state index in [2.05, 4.69) is 54.6 Å². The maximum Gasteiger partial charge on any atom is 0.0456 e. The lowest BCUT2D eigenvalue weighted by Gasteiger charge is -2.11. The quantitative estimate of drug-likeness (QED) is 0.789. The van der Waals surface area contributed by atoms with E-state index in [1.165, 1.54) is 22.9 Å². The number of aromatic nitrogens is 1. The van der Waals surface area contributed by atoms with Gasteiger partial charge >= 0.3 is 0 Å². The van der Waals surface area contributed by atoms with Crippen LogP contribution in [0.2, 0.25) is 0 Å². The second-order valence-corrected chi connectivity index (χ2v) is 4.36. The molecule has 86 valence electrons. The zero-order valence-corrected chi connectivity index (χ0v) is 10.1. The number of nitrogens with one attached hydrogen (secondary N) is 2. The largest absolute Gasteiger partial charge is 0.361 e. The molecule has 1 unspecified atom stereocenters. The third-order valence-electron chi connectivity index (χ3n) is 3.07. The van der Waals surface area contributed by atoms with Crippen molar-refractivity contribution in [2.45, 2.75) is 32.7 Å². The number of H-pyrrole nitrogens is 1. The van der Waals surface area contributed by atoms with Crippen LogP contribution in [0.4, 0.5) is 0 Å². The molecule has 0 saturated carbocycles. The van der Waals surface area contributed by atoms with Gasteiger partial charge in [-0.05, 0) is 37.9 Å². The number of fused-ring (bicyclic) bond motifs is 1. The highest BCUT2D eigenvalue weighted by molar-refractivity contribution is 5.82. The van der Waals surface area contributed by atoms with E-state index in [-0.39, 0.29) is 0 Å². The molecule has 1 aromatic carbocycles. The first kappa shape index (κ1) is 11.2. The van der Waals surface area contributed by atoms with Crippen molar-refractivity contribution in [1.29, 1.82) is 0 Å². The lowest BCUT2D eigenvalue weighted by Crippen LogP contribution is -2.25. The van der Waals surface area contributed by atoms with Crippen molar-refractivity contribution in [3.05, 3.63) is 36.0 Å². The van der Waals surface area contributed by atoms with Crippen LogP contribution in [0.1, 0.15) is 25.8 Å². The molecule has 0 radical (unpaired) electrons. The summed E-state index contributed by atoms with van der Waals surface area (Å²) in [7, 11) is 0. The van der Waals surface area contributed by atoms with Gasteiger partial charge in [-0.15, -0.1) is 0 Å². The van der Waals surface area contributed by atoms with Crippen LogP contribution in [0, 0.1) is 0 Å². The second-order valence-electron chi connectivity index (χ2n) is 4.36. The summed E-state index contributed by atoms with van der Waals surface area (Å²) in [4.78, 5) is 3.32. The van der Waals surface area contributed by atoms with Gasteiger partial charge in [-0.3, -0.25) is 0 Å². The molecule has 0 bridgehead atoms. The minimum atomic E-state index is 0.596. The summed E-state index contributed by atoms with van der Waals surface area (Å²) in [6, 6.07) is 9.10. The van der Waals surface area contributed by atoms with E-state index in [1.54, 1.807) is 0 Å². The third-order valence-corrected chi connectivity index (χ3v) is 3.07. The Morgan fingerprint density at radius 1 is 1.31 bits per heavy atom. The van der Waals surface area contributed by atoms with E-state index >= 15 is 0 Å². The van der Waals surface area contributed by atoms with E-state index in [4.69, 9.17) is 0 Å². The van der Waals surface area contributed by atoms with Gasteiger partial charge in [0.2, 0.25) is 0 Å². The summed E-state index contributed by atoms with van der Waals surface area (Å²) >= 11 is 0. The van der Waals surface area contributed by atoms with Gasteiger partial charge in [0.25, 0.3) is 0 Å². The Kier molecular flexibility index (Phi) is 3.62. The first-order valence-corrected chi connectivity index (χ1v) is 6.09. The Hall–Kier alpha value is -1.28. The summed E-state index contributed by atoms with van der Waals surface area (Å²) in [5.74, 6) is 0. The molecular weight excluding hydrogens is 196 g/mol. The molecule has 1 atom stereocenters. The number of rotatable bonds is 5. The fourth-order valence-corrected chi connectivity index (χ4v) is 2.16. The number of aromatic amines is 1. The SMILES string of the molecule is CCNC(C)CCc1c[nH]c2ccccc12. The Morgan fingerprint density at radius 2 is 2.12 bits per heavy atom. The van der Waals surface area contributed by atoms with Crippen molar-refractivity contribution in [3.8, 4) is 0 Å². The lowest BCUT2D eigenvalue weighted by molar-refractivity contribution is 0.531. The second kappa shape index (κ2) is 5.17. The van der Waals surface area contributed by atoms with Crippen LogP contribution in [0.3, 0.4) is 0 Å². The van der Waals surface area contributed by atoms with Gasteiger partial charge in [-0.25, -0.2) is 0 Å². The van der Waals surface area contributed by atoms with E-state index in [0.717, 1.165) is 13.0 Å². The molecule has 1 heterocycles. The summed E-state index contributed by atoms with van der Waals surface area (Å²) in [6.07, 6.45) is 4.47. The van der Waals surface area contributed by atoms with Crippen LogP contribution < -0.4 is 5.32 Å². The van der Waals surface area contributed by atoms with Gasteiger partial charge in [0, 0.05) is 23.1 Å². The molecule has 0 aliphatic rings. The minimum absolute atomic E-state index is 0.596. The van der Waals surface area contributed by atoms with E-state index in [9.17, 15) is 0 Å². The number of benzene rings is 1. The summed E-state index contributed by atoms with van der Waals surface area (Å²) in [5, 5.41) is 4.81. The molecule has 2 heteroatoms. The third kappa shape index (κ3) is 2.45. The van der Waals surface area contributed by atoms with Crippen LogP contribution in [-0.2, 0) is 6.42 Å². The normalized spacial score (nSPS) is 13.1. The Bertz CT molecular complexity index is 445. The summed E-state index contributed by atoms with van der Waals surface area (Å²) in [5.41, 5.74) is 2.67. The highest BCUT2D eigenvalue weighted by atomic mass is 14.9. The van der Waals surface area contributed by atoms with Crippen LogP contribution in [0.15, 0.2) is 30.5 Å². The maximum atomic E-state index is 3.45. The molecule has 2 N–H and O–H groups in total. The van der Waals surface area contributed by atoms with Crippen molar-refractivity contribution in [1.82, 2.24) is 10.3 Å². The van der Waals surface area contributed by atoms with Crippen molar-refractivity contribution < 1.29 is 0 Å². The van der Waals surface area contributed by atoms with Gasteiger partial charge in [0.15, 0.2) is 0 Å². The van der Waals surface area contributed by atoms with E-state index in [1.807, 2.05) is 0 Å². The summed E-state index contributed by atoms with van der Waals surface area (Å²) < 4.78 is 0. The number of hydrogen-bond acceptors (Lipinski definition) is 1. The molecule has 0 aliphatic heterocycles. The minimum Gasteiger partial charge on any atom is -0.361 e. The first-order chi connectivity index (χ1) is 7.81. The number of hydrogen-bond donors (Lipinski definition) is 2. The van der Waals surface area contributed by atoms with Gasteiger partial charge in [0.05, 0.1) is 0 Å². The standard InChI is InChI=1S/C14H20N2/c1-3-15-11(2)8-9-12-10-16-14-7-5-4-6-13(12)14/h4-7,10-11,15-16H,3,8-9H2,1-2H3. The zero-order chi connectivity index (χ0) is 11.4. The lowest BCUT2D eigenvalue weighted by atomic mass is 10.1. The number of para-hydroxylation sites is 1. The van der Waals surface area contributed by atoms with Crippen molar-refractivity contribution >= 4 is 10.9 Å². The van der Waals surface area contributed by atoms with Crippen LogP contribution >= 0.6 is 0 Å². The maximum absolute atomic E-state index is 3.45. The van der Waals surface area contributed by atoms with Gasteiger partial charge in [0.1, 0.15) is 0 Å². The average Bonchev–Trinajstić information content (AvgIpc) is 2.70. The molecule has 0 amide bonds. The molecule has 16 heavy (non-hydrogen) atoms. The fraction of sp³-hybridized carbons (Fsp3) is 0.429. The smallest absolute Gasteiger partial charge is 0.0456 e.